The number of carbonyl (C=O) groups excluding carboxylic acids is 1. The van der Waals surface area contributed by atoms with E-state index in [0.717, 1.165) is 18.7 Å². The smallest absolute Gasteiger partial charge is 0.238 e. The van der Waals surface area contributed by atoms with Crippen molar-refractivity contribution in [1.82, 2.24) is 10.6 Å². The summed E-state index contributed by atoms with van der Waals surface area (Å²) in [5, 5.41) is 6.27. The third-order valence-electron chi connectivity index (χ3n) is 3.73. The fraction of sp³-hybridized carbons (Fsp3) is 0.312. The average molecular weight is 270 g/mol. The Morgan fingerprint density at radius 3 is 2.85 bits per heavy atom. The van der Waals surface area contributed by atoms with Gasteiger partial charge in [0.2, 0.25) is 5.91 Å². The highest BCUT2D eigenvalue weighted by Crippen LogP contribution is 2.17. The Hall–Kier alpha value is -2.07. The lowest BCUT2D eigenvalue weighted by molar-refractivity contribution is -0.124. The van der Waals surface area contributed by atoms with Gasteiger partial charge >= 0.3 is 0 Å². The van der Waals surface area contributed by atoms with Gasteiger partial charge in [0.1, 0.15) is 5.76 Å². The lowest BCUT2D eigenvalue weighted by atomic mass is 9.95. The summed E-state index contributed by atoms with van der Waals surface area (Å²) in [7, 11) is 0. The minimum absolute atomic E-state index is 0.0170. The molecule has 0 saturated carbocycles. The van der Waals surface area contributed by atoms with Gasteiger partial charge in [-0.3, -0.25) is 4.79 Å². The largest absolute Gasteiger partial charge is 0.467 e. The first-order valence-corrected chi connectivity index (χ1v) is 6.88. The number of benzene rings is 1. The molecule has 1 aliphatic rings. The van der Waals surface area contributed by atoms with Crippen LogP contribution < -0.4 is 10.6 Å². The minimum atomic E-state index is -0.178. The van der Waals surface area contributed by atoms with Crippen LogP contribution in [0.5, 0.6) is 0 Å². The van der Waals surface area contributed by atoms with Crippen molar-refractivity contribution in [1.29, 1.82) is 0 Å². The molecule has 2 heterocycles. The molecule has 2 N–H and O–H groups in total. The van der Waals surface area contributed by atoms with Crippen LogP contribution in [0.4, 0.5) is 0 Å². The highest BCUT2D eigenvalue weighted by Gasteiger charge is 2.25. The number of hydrogen-bond acceptors (Lipinski definition) is 3. The summed E-state index contributed by atoms with van der Waals surface area (Å²) in [6, 6.07) is 11.6. The Morgan fingerprint density at radius 1 is 1.30 bits per heavy atom. The quantitative estimate of drug-likeness (QED) is 0.898. The number of hydrogen-bond donors (Lipinski definition) is 2. The lowest BCUT2D eigenvalue weighted by Crippen LogP contribution is -2.48. The molecule has 1 aliphatic heterocycles. The van der Waals surface area contributed by atoms with Gasteiger partial charge in [-0.05, 0) is 36.6 Å². The molecule has 0 bridgehead atoms. The Kier molecular flexibility index (Phi) is 3.56. The molecule has 3 rings (SSSR count). The average Bonchev–Trinajstić information content (AvgIpc) is 3.01. The van der Waals surface area contributed by atoms with E-state index in [-0.39, 0.29) is 18.0 Å². The molecule has 1 aromatic heterocycles. The topological polar surface area (TPSA) is 54.3 Å². The molecule has 0 spiro atoms. The molecule has 20 heavy (non-hydrogen) atoms. The maximum Gasteiger partial charge on any atom is 0.238 e. The summed E-state index contributed by atoms with van der Waals surface area (Å²) >= 11 is 0. The molecule has 104 valence electrons. The van der Waals surface area contributed by atoms with Crippen LogP contribution in [-0.2, 0) is 17.8 Å². The molecule has 0 radical (unpaired) electrons. The van der Waals surface area contributed by atoms with Gasteiger partial charge in [-0.25, -0.2) is 0 Å². The molecule has 4 nitrogen and oxygen atoms in total. The van der Waals surface area contributed by atoms with Gasteiger partial charge in [0.15, 0.2) is 0 Å². The van der Waals surface area contributed by atoms with Crippen LogP contribution in [0, 0.1) is 0 Å². The van der Waals surface area contributed by atoms with E-state index in [9.17, 15) is 4.79 Å². The van der Waals surface area contributed by atoms with E-state index in [2.05, 4.69) is 22.8 Å². The van der Waals surface area contributed by atoms with Gasteiger partial charge in [-0.15, -0.1) is 0 Å². The van der Waals surface area contributed by atoms with Crippen molar-refractivity contribution in [2.24, 2.45) is 0 Å². The van der Waals surface area contributed by atoms with Gasteiger partial charge in [0.25, 0.3) is 0 Å². The van der Waals surface area contributed by atoms with Crippen molar-refractivity contribution >= 4 is 5.91 Å². The number of rotatable bonds is 3. The number of nitrogens with one attached hydrogen (secondary N) is 2. The third kappa shape index (κ3) is 2.60. The summed E-state index contributed by atoms with van der Waals surface area (Å²) in [5.74, 6) is 0.790. The van der Waals surface area contributed by atoms with Crippen molar-refractivity contribution in [2.75, 3.05) is 0 Å². The Bertz CT molecular complexity index is 592. The van der Waals surface area contributed by atoms with E-state index in [1.165, 1.54) is 11.1 Å². The second kappa shape index (κ2) is 5.51. The molecule has 0 saturated heterocycles. The summed E-state index contributed by atoms with van der Waals surface area (Å²) in [4.78, 5) is 12.3. The van der Waals surface area contributed by atoms with Gasteiger partial charge in [-0.1, -0.05) is 24.3 Å². The van der Waals surface area contributed by atoms with Gasteiger partial charge < -0.3 is 15.1 Å². The van der Waals surface area contributed by atoms with E-state index >= 15 is 0 Å². The van der Waals surface area contributed by atoms with Crippen LogP contribution in [0.3, 0.4) is 0 Å². The molecule has 1 aromatic carbocycles. The molecule has 1 amide bonds. The van der Waals surface area contributed by atoms with Crippen LogP contribution in [-0.4, -0.2) is 11.9 Å². The third-order valence-corrected chi connectivity index (χ3v) is 3.73. The summed E-state index contributed by atoms with van der Waals surface area (Å²) in [6.07, 6.45) is 2.35. The maximum atomic E-state index is 12.3. The molecular formula is C16H18N2O2. The summed E-state index contributed by atoms with van der Waals surface area (Å²) in [5.41, 5.74) is 2.52. The number of furan rings is 1. The highest BCUT2D eigenvalue weighted by atomic mass is 16.3. The van der Waals surface area contributed by atoms with Crippen LogP contribution in [0.2, 0.25) is 0 Å². The SMILES string of the molecule is CC(NC(=O)[C@H]1Cc2ccccc2CN1)c1ccco1. The predicted molar refractivity (Wildman–Crippen MR) is 76.0 cm³/mol. The van der Waals surface area contributed by atoms with Gasteiger partial charge in [-0.2, -0.15) is 0 Å². The molecular weight excluding hydrogens is 252 g/mol. The molecule has 2 atom stereocenters. The highest BCUT2D eigenvalue weighted by molar-refractivity contribution is 5.82. The van der Waals surface area contributed by atoms with Gasteiger partial charge in [0.05, 0.1) is 18.3 Å². The second-order valence-corrected chi connectivity index (χ2v) is 5.15. The fourth-order valence-electron chi connectivity index (χ4n) is 2.56. The first-order chi connectivity index (χ1) is 9.74. The van der Waals surface area contributed by atoms with E-state index in [1.807, 2.05) is 31.2 Å². The van der Waals surface area contributed by atoms with Crippen LogP contribution in [0.15, 0.2) is 47.1 Å². The maximum absolute atomic E-state index is 12.3. The first-order valence-electron chi connectivity index (χ1n) is 6.88. The molecule has 1 unspecified atom stereocenters. The number of fused-ring (bicyclic) bond motifs is 1. The lowest BCUT2D eigenvalue weighted by Gasteiger charge is -2.26. The zero-order valence-electron chi connectivity index (χ0n) is 11.4. The minimum Gasteiger partial charge on any atom is -0.467 e. The predicted octanol–water partition coefficient (Wildman–Crippen LogP) is 2.17. The van der Waals surface area contributed by atoms with Crippen molar-refractivity contribution in [3.63, 3.8) is 0 Å². The molecule has 2 aromatic rings. The van der Waals surface area contributed by atoms with Crippen molar-refractivity contribution in [3.05, 3.63) is 59.5 Å². The Balaban J connectivity index is 1.64. The van der Waals surface area contributed by atoms with Crippen molar-refractivity contribution < 1.29 is 9.21 Å². The monoisotopic (exact) mass is 270 g/mol. The van der Waals surface area contributed by atoms with E-state index in [4.69, 9.17) is 4.42 Å². The molecule has 0 aliphatic carbocycles. The van der Waals surface area contributed by atoms with Crippen LogP contribution >= 0.6 is 0 Å². The van der Waals surface area contributed by atoms with Crippen molar-refractivity contribution in [2.45, 2.75) is 32.0 Å². The normalized spacial score (nSPS) is 19.1. The number of amides is 1. The van der Waals surface area contributed by atoms with E-state index in [0.29, 0.717) is 0 Å². The fourth-order valence-corrected chi connectivity index (χ4v) is 2.56. The second-order valence-electron chi connectivity index (χ2n) is 5.15. The zero-order chi connectivity index (χ0) is 13.9. The number of carbonyl (C=O) groups is 1. The zero-order valence-corrected chi connectivity index (χ0v) is 11.4. The van der Waals surface area contributed by atoms with Crippen LogP contribution in [0.25, 0.3) is 0 Å². The summed E-state index contributed by atoms with van der Waals surface area (Å²) in [6.45, 7) is 2.66. The molecule has 4 heteroatoms. The van der Waals surface area contributed by atoms with E-state index in [1.54, 1.807) is 6.26 Å². The Morgan fingerprint density at radius 2 is 2.10 bits per heavy atom. The standard InChI is InChI=1S/C16H18N2O2/c1-11(15-7-4-8-20-15)18-16(19)14-9-12-5-2-3-6-13(12)10-17-14/h2-8,11,14,17H,9-10H2,1H3,(H,18,19)/t11?,14-/m1/s1. The molecule has 0 fully saturated rings. The van der Waals surface area contributed by atoms with Crippen LogP contribution in [0.1, 0.15) is 29.9 Å². The Labute approximate surface area is 118 Å². The first kappa shape index (κ1) is 12.9. The van der Waals surface area contributed by atoms with Crippen molar-refractivity contribution in [3.8, 4) is 0 Å². The van der Waals surface area contributed by atoms with Gasteiger partial charge in [0, 0.05) is 6.54 Å². The van der Waals surface area contributed by atoms with E-state index < -0.39 is 0 Å². The summed E-state index contributed by atoms with van der Waals surface area (Å²) < 4.78 is 5.30.